The lowest BCUT2D eigenvalue weighted by Gasteiger charge is -2.22. The Kier molecular flexibility index (Phi) is 11.1. The van der Waals surface area contributed by atoms with E-state index in [-0.39, 0.29) is 42.2 Å². The molecule has 0 aliphatic rings. The molecule has 1 rings (SSSR count). The summed E-state index contributed by atoms with van der Waals surface area (Å²) in [6.07, 6.45) is 1.18. The van der Waals surface area contributed by atoms with Crippen LogP contribution < -0.4 is 5.32 Å². The van der Waals surface area contributed by atoms with Crippen molar-refractivity contribution >= 4 is 39.8 Å². The predicted octanol–water partition coefficient (Wildman–Crippen LogP) is 1.51. The second kappa shape index (κ2) is 11.6. The lowest BCUT2D eigenvalue weighted by Crippen LogP contribution is -2.40. The molecule has 0 spiro atoms. The maximum absolute atomic E-state index is 12.9. The summed E-state index contributed by atoms with van der Waals surface area (Å²) in [5.41, 5.74) is 0.973. The van der Waals surface area contributed by atoms with Gasteiger partial charge in [-0.05, 0) is 17.7 Å². The number of aliphatic imine (C=N–C) groups is 1. The van der Waals surface area contributed by atoms with E-state index < -0.39 is 9.84 Å². The van der Waals surface area contributed by atoms with Gasteiger partial charge in [0.05, 0.1) is 19.0 Å². The van der Waals surface area contributed by atoms with Gasteiger partial charge in [-0.1, -0.05) is 12.1 Å². The molecule has 0 aliphatic heterocycles. The van der Waals surface area contributed by atoms with E-state index in [2.05, 4.69) is 10.3 Å². The van der Waals surface area contributed by atoms with Gasteiger partial charge in [-0.15, -0.1) is 24.0 Å². The number of nitrogens with one attached hydrogen (secondary N) is 1. The maximum Gasteiger partial charge on any atom is 0.193 e. The first-order valence-electron chi connectivity index (χ1n) is 7.23. The van der Waals surface area contributed by atoms with E-state index in [1.165, 1.54) is 18.4 Å². The minimum absolute atomic E-state index is 0. The van der Waals surface area contributed by atoms with Crippen molar-refractivity contribution in [3.05, 3.63) is 35.6 Å². The summed E-state index contributed by atoms with van der Waals surface area (Å²) >= 11 is 0. The summed E-state index contributed by atoms with van der Waals surface area (Å²) in [5, 5.41) is 3.13. The predicted molar refractivity (Wildman–Crippen MR) is 105 cm³/mol. The topological polar surface area (TPSA) is 71.0 Å². The summed E-state index contributed by atoms with van der Waals surface area (Å²) in [7, 11) is 0.565. The molecule has 0 aromatic heterocycles. The smallest absolute Gasteiger partial charge is 0.193 e. The van der Waals surface area contributed by atoms with Crippen LogP contribution in [-0.4, -0.2) is 65.1 Å². The molecule has 0 aliphatic carbocycles. The first-order valence-corrected chi connectivity index (χ1v) is 9.29. The summed E-state index contributed by atoms with van der Waals surface area (Å²) in [4.78, 5) is 6.07. The summed E-state index contributed by atoms with van der Waals surface area (Å²) in [5.74, 6) is 0.442. The van der Waals surface area contributed by atoms with Crippen molar-refractivity contribution in [2.75, 3.05) is 45.9 Å². The number of nitrogens with zero attached hydrogens (tertiary/aromatic N) is 2. The number of ether oxygens (including phenoxy) is 1. The van der Waals surface area contributed by atoms with Crippen LogP contribution in [0.15, 0.2) is 29.3 Å². The van der Waals surface area contributed by atoms with Gasteiger partial charge < -0.3 is 15.0 Å². The van der Waals surface area contributed by atoms with E-state index in [0.717, 1.165) is 5.56 Å². The largest absolute Gasteiger partial charge is 0.379 e. The highest BCUT2D eigenvalue weighted by Crippen LogP contribution is 2.05. The number of guanidine groups is 1. The third kappa shape index (κ3) is 10.0. The van der Waals surface area contributed by atoms with Crippen LogP contribution in [0.5, 0.6) is 0 Å². The molecule has 0 heterocycles. The molecule has 0 saturated carbocycles. The van der Waals surface area contributed by atoms with Gasteiger partial charge in [0.25, 0.3) is 0 Å². The molecule has 0 saturated heterocycles. The van der Waals surface area contributed by atoms with Gasteiger partial charge in [0.1, 0.15) is 15.7 Å². The highest BCUT2D eigenvalue weighted by molar-refractivity contribution is 14.0. The van der Waals surface area contributed by atoms with Crippen molar-refractivity contribution in [2.24, 2.45) is 4.99 Å². The first kappa shape index (κ1) is 23.1. The summed E-state index contributed by atoms with van der Waals surface area (Å²) in [6.45, 7) is 1.68. The minimum atomic E-state index is -2.99. The Morgan fingerprint density at radius 2 is 1.92 bits per heavy atom. The Balaban J connectivity index is 0.00000529. The van der Waals surface area contributed by atoms with Crippen LogP contribution >= 0.6 is 24.0 Å². The zero-order chi connectivity index (χ0) is 17.3. The monoisotopic (exact) mass is 473 g/mol. The van der Waals surface area contributed by atoms with E-state index in [1.54, 1.807) is 19.2 Å². The Morgan fingerprint density at radius 3 is 2.46 bits per heavy atom. The Labute approximate surface area is 160 Å². The summed E-state index contributed by atoms with van der Waals surface area (Å²) < 4.78 is 40.1. The van der Waals surface area contributed by atoms with E-state index in [0.29, 0.717) is 25.7 Å². The van der Waals surface area contributed by atoms with Crippen molar-refractivity contribution in [1.82, 2.24) is 10.2 Å². The average Bonchev–Trinajstić information content (AvgIpc) is 2.47. The van der Waals surface area contributed by atoms with Crippen LogP contribution in [0.3, 0.4) is 0 Å². The fraction of sp³-hybridized carbons (Fsp3) is 0.533. The molecule has 6 nitrogen and oxygen atoms in total. The van der Waals surface area contributed by atoms with Crippen LogP contribution in [0.1, 0.15) is 5.56 Å². The van der Waals surface area contributed by atoms with Crippen molar-refractivity contribution in [3.8, 4) is 0 Å². The number of hydrogen-bond donors (Lipinski definition) is 1. The molecular weight excluding hydrogens is 448 g/mol. The van der Waals surface area contributed by atoms with Crippen LogP contribution in [0.4, 0.5) is 4.39 Å². The Bertz CT molecular complexity index is 609. The number of sulfone groups is 1. The zero-order valence-electron chi connectivity index (χ0n) is 14.2. The van der Waals surface area contributed by atoms with E-state index in [1.807, 2.05) is 11.9 Å². The van der Waals surface area contributed by atoms with Gasteiger partial charge in [-0.25, -0.2) is 12.8 Å². The molecule has 0 unspecified atom stereocenters. The molecular formula is C15H25FIN3O3S. The van der Waals surface area contributed by atoms with E-state index >= 15 is 0 Å². The van der Waals surface area contributed by atoms with Crippen LogP contribution in [-0.2, 0) is 21.1 Å². The van der Waals surface area contributed by atoms with Gasteiger partial charge >= 0.3 is 0 Å². The highest BCUT2D eigenvalue weighted by atomic mass is 127. The average molecular weight is 473 g/mol. The first-order chi connectivity index (χ1) is 10.8. The Morgan fingerprint density at radius 1 is 1.29 bits per heavy atom. The number of benzene rings is 1. The van der Waals surface area contributed by atoms with Crippen molar-refractivity contribution < 1.29 is 17.5 Å². The molecule has 1 aromatic rings. The molecule has 1 aromatic carbocycles. The number of halogens is 2. The van der Waals surface area contributed by atoms with Gasteiger partial charge in [0, 0.05) is 33.4 Å². The van der Waals surface area contributed by atoms with Gasteiger partial charge in [-0.3, -0.25) is 4.99 Å². The molecule has 24 heavy (non-hydrogen) atoms. The van der Waals surface area contributed by atoms with Crippen molar-refractivity contribution in [1.29, 1.82) is 0 Å². The van der Waals surface area contributed by atoms with E-state index in [4.69, 9.17) is 4.74 Å². The molecule has 0 bridgehead atoms. The van der Waals surface area contributed by atoms with Gasteiger partial charge in [0.15, 0.2) is 5.96 Å². The molecule has 0 atom stereocenters. The van der Waals surface area contributed by atoms with Crippen LogP contribution in [0, 0.1) is 5.82 Å². The second-order valence-electron chi connectivity index (χ2n) is 5.20. The van der Waals surface area contributed by atoms with Gasteiger partial charge in [-0.2, -0.15) is 0 Å². The molecule has 0 amide bonds. The van der Waals surface area contributed by atoms with Crippen molar-refractivity contribution in [3.63, 3.8) is 0 Å². The Hall–Kier alpha value is -0.940. The third-order valence-corrected chi connectivity index (χ3v) is 3.94. The standard InChI is InChI=1S/C15H24FN3O3S.HI/c1-17-15(18-8-9-22-10-11-23(3,20)21)19(2)12-13-4-6-14(16)7-5-13;/h4-7H,8-12H2,1-3H3,(H,17,18);1H. The van der Waals surface area contributed by atoms with Crippen LogP contribution in [0.25, 0.3) is 0 Å². The van der Waals surface area contributed by atoms with Crippen LogP contribution in [0.2, 0.25) is 0 Å². The van der Waals surface area contributed by atoms with E-state index in [9.17, 15) is 12.8 Å². The maximum atomic E-state index is 12.9. The van der Waals surface area contributed by atoms with Gasteiger partial charge in [0.2, 0.25) is 0 Å². The SMILES string of the molecule is CN=C(NCCOCCS(C)(=O)=O)N(C)Cc1ccc(F)cc1.I. The quantitative estimate of drug-likeness (QED) is 0.268. The number of hydrogen-bond acceptors (Lipinski definition) is 4. The zero-order valence-corrected chi connectivity index (χ0v) is 17.3. The fourth-order valence-corrected chi connectivity index (χ4v) is 2.29. The normalized spacial score (nSPS) is 11.8. The minimum Gasteiger partial charge on any atom is -0.379 e. The third-order valence-electron chi connectivity index (χ3n) is 3.03. The summed E-state index contributed by atoms with van der Waals surface area (Å²) in [6, 6.07) is 6.31. The molecule has 0 fully saturated rings. The lowest BCUT2D eigenvalue weighted by molar-refractivity contribution is 0.153. The fourth-order valence-electron chi connectivity index (χ4n) is 1.87. The highest BCUT2D eigenvalue weighted by Gasteiger charge is 2.06. The number of rotatable bonds is 8. The molecule has 0 radical (unpaired) electrons. The molecule has 1 N–H and O–H groups in total. The molecule has 138 valence electrons. The lowest BCUT2D eigenvalue weighted by atomic mass is 10.2. The molecule has 9 heteroatoms. The second-order valence-corrected chi connectivity index (χ2v) is 7.46. The van der Waals surface area contributed by atoms with Crippen molar-refractivity contribution in [2.45, 2.75) is 6.54 Å².